The van der Waals surface area contributed by atoms with Crippen molar-refractivity contribution in [3.05, 3.63) is 0 Å². The van der Waals surface area contributed by atoms with Gasteiger partial charge in [0.2, 0.25) is 5.91 Å². The summed E-state index contributed by atoms with van der Waals surface area (Å²) in [6, 6.07) is 0. The molecule has 0 unspecified atom stereocenters. The molecule has 0 aromatic rings. The van der Waals surface area contributed by atoms with Crippen LogP contribution in [-0.4, -0.2) is 35.0 Å². The highest BCUT2D eigenvalue weighted by molar-refractivity contribution is 5.84. The third-order valence-electron chi connectivity index (χ3n) is 2.98. The molecule has 0 atom stereocenters. The van der Waals surface area contributed by atoms with Crippen LogP contribution in [0, 0.1) is 11.3 Å². The summed E-state index contributed by atoms with van der Waals surface area (Å²) in [6.45, 7) is 6.49. The van der Waals surface area contributed by atoms with E-state index in [-0.39, 0.29) is 17.2 Å². The van der Waals surface area contributed by atoms with Gasteiger partial charge in [-0.05, 0) is 6.42 Å². The van der Waals surface area contributed by atoms with E-state index >= 15 is 0 Å². The van der Waals surface area contributed by atoms with Gasteiger partial charge in [0.25, 0.3) is 0 Å². The van der Waals surface area contributed by atoms with E-state index in [0.29, 0.717) is 13.1 Å². The van der Waals surface area contributed by atoms with Crippen LogP contribution < -0.4 is 0 Å². The van der Waals surface area contributed by atoms with Gasteiger partial charge in [-0.3, -0.25) is 9.59 Å². The van der Waals surface area contributed by atoms with E-state index < -0.39 is 5.97 Å². The van der Waals surface area contributed by atoms with Crippen LogP contribution in [0.3, 0.4) is 0 Å². The lowest BCUT2D eigenvalue weighted by Gasteiger charge is -2.41. The third kappa shape index (κ3) is 1.89. The molecule has 0 radical (unpaired) electrons. The summed E-state index contributed by atoms with van der Waals surface area (Å²) < 4.78 is 0. The first-order valence-corrected chi connectivity index (χ1v) is 4.90. The number of carboxylic acids is 1. The van der Waals surface area contributed by atoms with Crippen molar-refractivity contribution in [3.8, 4) is 0 Å². The minimum atomic E-state index is -0.802. The van der Waals surface area contributed by atoms with Crippen molar-refractivity contribution in [3.63, 3.8) is 0 Å². The number of nitrogens with zero attached hydrogens (tertiary/aromatic N) is 1. The fourth-order valence-electron chi connectivity index (χ4n) is 1.38. The highest BCUT2D eigenvalue weighted by Gasteiger charge is 2.40. The highest BCUT2D eigenvalue weighted by atomic mass is 16.4. The third-order valence-corrected chi connectivity index (χ3v) is 2.98. The van der Waals surface area contributed by atoms with E-state index in [4.69, 9.17) is 5.11 Å². The van der Waals surface area contributed by atoms with Crippen LogP contribution in [0.2, 0.25) is 0 Å². The van der Waals surface area contributed by atoms with E-state index in [1.807, 2.05) is 20.8 Å². The van der Waals surface area contributed by atoms with Crippen LogP contribution in [0.1, 0.15) is 27.2 Å². The summed E-state index contributed by atoms with van der Waals surface area (Å²) in [5.41, 5.74) is -0.358. The first-order chi connectivity index (χ1) is 6.38. The van der Waals surface area contributed by atoms with Gasteiger partial charge in [-0.15, -0.1) is 0 Å². The highest BCUT2D eigenvalue weighted by Crippen LogP contribution is 2.27. The van der Waals surface area contributed by atoms with Crippen molar-refractivity contribution in [1.82, 2.24) is 4.90 Å². The molecule has 1 N–H and O–H groups in total. The van der Waals surface area contributed by atoms with Gasteiger partial charge >= 0.3 is 5.97 Å². The van der Waals surface area contributed by atoms with Gasteiger partial charge in [-0.1, -0.05) is 20.8 Å². The summed E-state index contributed by atoms with van der Waals surface area (Å²) in [5, 5.41) is 8.65. The fraction of sp³-hybridized carbons (Fsp3) is 0.800. The number of rotatable bonds is 3. The molecule has 0 aromatic carbocycles. The van der Waals surface area contributed by atoms with Gasteiger partial charge < -0.3 is 10.0 Å². The zero-order valence-electron chi connectivity index (χ0n) is 8.91. The summed E-state index contributed by atoms with van der Waals surface area (Å²) in [5.74, 6) is -1.09. The van der Waals surface area contributed by atoms with E-state index in [1.54, 1.807) is 4.90 Å². The second kappa shape index (κ2) is 3.59. The van der Waals surface area contributed by atoms with Gasteiger partial charge in [0, 0.05) is 18.5 Å². The summed E-state index contributed by atoms with van der Waals surface area (Å²) in [6.07, 6.45) is 0.778. The molecule has 1 rings (SSSR count). The van der Waals surface area contributed by atoms with Gasteiger partial charge in [0.15, 0.2) is 0 Å². The number of amides is 1. The van der Waals surface area contributed by atoms with Crippen LogP contribution in [0.15, 0.2) is 0 Å². The number of hydrogen-bond donors (Lipinski definition) is 1. The first-order valence-electron chi connectivity index (χ1n) is 4.90. The second-order valence-corrected chi connectivity index (χ2v) is 4.48. The van der Waals surface area contributed by atoms with Crippen LogP contribution in [0.25, 0.3) is 0 Å². The maximum absolute atomic E-state index is 11.8. The van der Waals surface area contributed by atoms with Crippen LogP contribution in [-0.2, 0) is 9.59 Å². The Morgan fingerprint density at radius 3 is 2.29 bits per heavy atom. The van der Waals surface area contributed by atoms with E-state index in [0.717, 1.165) is 6.42 Å². The maximum Gasteiger partial charge on any atom is 0.310 e. The van der Waals surface area contributed by atoms with Crippen molar-refractivity contribution in [2.75, 3.05) is 13.1 Å². The molecule has 0 aliphatic carbocycles. The minimum Gasteiger partial charge on any atom is -0.481 e. The summed E-state index contributed by atoms with van der Waals surface area (Å²) in [7, 11) is 0. The molecule has 1 saturated heterocycles. The Morgan fingerprint density at radius 2 is 1.93 bits per heavy atom. The lowest BCUT2D eigenvalue weighted by atomic mass is 9.86. The normalized spacial score (nSPS) is 17.8. The molecule has 0 spiro atoms. The Balaban J connectivity index is 2.48. The zero-order valence-corrected chi connectivity index (χ0v) is 8.91. The van der Waals surface area contributed by atoms with Crippen LogP contribution >= 0.6 is 0 Å². The number of aliphatic carboxylic acids is 1. The SMILES string of the molecule is CCC(C)(C)C(=O)N1CC(C(=O)O)C1. The second-order valence-electron chi connectivity index (χ2n) is 4.48. The molecule has 0 bridgehead atoms. The average molecular weight is 199 g/mol. The van der Waals surface area contributed by atoms with Crippen molar-refractivity contribution in [2.24, 2.45) is 11.3 Å². The molecule has 1 heterocycles. The standard InChI is InChI=1S/C10H17NO3/c1-4-10(2,3)9(14)11-5-7(6-11)8(12)13/h7H,4-6H2,1-3H3,(H,12,13). The van der Waals surface area contributed by atoms with E-state index in [2.05, 4.69) is 0 Å². The largest absolute Gasteiger partial charge is 0.481 e. The Labute approximate surface area is 83.9 Å². The molecule has 1 amide bonds. The predicted octanol–water partition coefficient (Wildman–Crippen LogP) is 0.966. The van der Waals surface area contributed by atoms with Crippen LogP contribution in [0.5, 0.6) is 0 Å². The first kappa shape index (κ1) is 11.0. The quantitative estimate of drug-likeness (QED) is 0.736. The smallest absolute Gasteiger partial charge is 0.310 e. The molecule has 1 aliphatic rings. The Kier molecular flexibility index (Phi) is 2.83. The van der Waals surface area contributed by atoms with Crippen molar-refractivity contribution in [2.45, 2.75) is 27.2 Å². The lowest BCUT2D eigenvalue weighted by molar-refractivity contribution is -0.157. The van der Waals surface area contributed by atoms with Crippen LogP contribution in [0.4, 0.5) is 0 Å². The number of carbonyl (C=O) groups excluding carboxylic acids is 1. The molecule has 4 heteroatoms. The molecular weight excluding hydrogens is 182 g/mol. The summed E-state index contributed by atoms with van der Waals surface area (Å²) >= 11 is 0. The Morgan fingerprint density at radius 1 is 1.43 bits per heavy atom. The average Bonchev–Trinajstić information content (AvgIpc) is 2.00. The number of likely N-dealkylation sites (tertiary alicyclic amines) is 1. The lowest BCUT2D eigenvalue weighted by Crippen LogP contribution is -2.56. The molecule has 14 heavy (non-hydrogen) atoms. The summed E-state index contributed by atoms with van der Waals surface area (Å²) in [4.78, 5) is 23.9. The number of carbonyl (C=O) groups is 2. The molecule has 1 fully saturated rings. The monoisotopic (exact) mass is 199 g/mol. The van der Waals surface area contributed by atoms with Crippen molar-refractivity contribution >= 4 is 11.9 Å². The van der Waals surface area contributed by atoms with Gasteiger partial charge in [-0.2, -0.15) is 0 Å². The predicted molar refractivity (Wildman–Crippen MR) is 51.8 cm³/mol. The Bertz CT molecular complexity index is 254. The van der Waals surface area contributed by atoms with E-state index in [9.17, 15) is 9.59 Å². The zero-order chi connectivity index (χ0) is 10.9. The molecule has 4 nitrogen and oxygen atoms in total. The van der Waals surface area contributed by atoms with Crippen molar-refractivity contribution < 1.29 is 14.7 Å². The van der Waals surface area contributed by atoms with Gasteiger partial charge in [-0.25, -0.2) is 0 Å². The maximum atomic E-state index is 11.8. The molecule has 80 valence electrons. The molecule has 0 saturated carbocycles. The van der Waals surface area contributed by atoms with Gasteiger partial charge in [0.05, 0.1) is 5.92 Å². The Hall–Kier alpha value is -1.06. The topological polar surface area (TPSA) is 57.6 Å². The molecule has 1 aliphatic heterocycles. The van der Waals surface area contributed by atoms with E-state index in [1.165, 1.54) is 0 Å². The number of hydrogen-bond acceptors (Lipinski definition) is 2. The molecule has 0 aromatic heterocycles. The van der Waals surface area contributed by atoms with Crippen molar-refractivity contribution in [1.29, 1.82) is 0 Å². The van der Waals surface area contributed by atoms with Gasteiger partial charge in [0.1, 0.15) is 0 Å². The fourth-order valence-corrected chi connectivity index (χ4v) is 1.38. The minimum absolute atomic E-state index is 0.0671. The molecular formula is C10H17NO3. The number of carboxylic acid groups (broad SMARTS) is 1.